The summed E-state index contributed by atoms with van der Waals surface area (Å²) < 4.78 is 2.31. The molecule has 0 spiro atoms. The third kappa shape index (κ3) is 3.39. The Kier molecular flexibility index (Phi) is 5.10. The van der Waals surface area contributed by atoms with Gasteiger partial charge in [0.1, 0.15) is 7.05 Å². The van der Waals surface area contributed by atoms with Crippen molar-refractivity contribution in [3.8, 4) is 22.4 Å². The van der Waals surface area contributed by atoms with Crippen molar-refractivity contribution in [2.75, 3.05) is 0 Å². The number of rotatable bonds is 3. The predicted molar refractivity (Wildman–Crippen MR) is 119 cm³/mol. The summed E-state index contributed by atoms with van der Waals surface area (Å²) in [7, 11) is 2.19. The Morgan fingerprint density at radius 1 is 0.714 bits per heavy atom. The van der Waals surface area contributed by atoms with E-state index in [9.17, 15) is 0 Å². The van der Waals surface area contributed by atoms with E-state index >= 15 is 0 Å². The van der Waals surface area contributed by atoms with Gasteiger partial charge in [-0.2, -0.15) is 0 Å². The Balaban J connectivity index is 1.89. The number of hydrogen-bond acceptors (Lipinski definition) is 0. The summed E-state index contributed by atoms with van der Waals surface area (Å²) in [4.78, 5) is 0. The molecule has 1 fully saturated rings. The van der Waals surface area contributed by atoms with Crippen molar-refractivity contribution >= 4 is 0 Å². The topological polar surface area (TPSA) is 3.88 Å². The molecule has 0 radical (unpaired) electrons. The van der Waals surface area contributed by atoms with Crippen LogP contribution in [0.4, 0.5) is 0 Å². The maximum atomic E-state index is 2.48. The largest absolute Gasteiger partial charge is 0.212 e. The lowest BCUT2D eigenvalue weighted by atomic mass is 9.89. The minimum Gasteiger partial charge on any atom is -0.201 e. The first kappa shape index (κ1) is 18.9. The van der Waals surface area contributed by atoms with Crippen LogP contribution in [0.15, 0.2) is 48.7 Å². The molecule has 28 heavy (non-hydrogen) atoms. The smallest absolute Gasteiger partial charge is 0.201 e. The van der Waals surface area contributed by atoms with E-state index in [0.29, 0.717) is 0 Å². The molecular formula is C27H32N+. The summed E-state index contributed by atoms with van der Waals surface area (Å²) in [6.07, 6.45) is 7.77. The van der Waals surface area contributed by atoms with Gasteiger partial charge in [0, 0.05) is 17.2 Å². The zero-order valence-corrected chi connectivity index (χ0v) is 18.0. The van der Waals surface area contributed by atoms with Crippen molar-refractivity contribution in [1.82, 2.24) is 0 Å². The van der Waals surface area contributed by atoms with Crippen molar-refractivity contribution in [2.24, 2.45) is 7.05 Å². The summed E-state index contributed by atoms with van der Waals surface area (Å²) in [5, 5.41) is 0. The van der Waals surface area contributed by atoms with Gasteiger partial charge in [0.05, 0.1) is 0 Å². The minimum atomic E-state index is 0.738. The summed E-state index contributed by atoms with van der Waals surface area (Å²) in [6.45, 7) is 8.97. The molecule has 3 aromatic rings. The zero-order valence-electron chi connectivity index (χ0n) is 18.0. The van der Waals surface area contributed by atoms with Gasteiger partial charge in [-0.05, 0) is 85.9 Å². The third-order valence-corrected chi connectivity index (χ3v) is 6.59. The fourth-order valence-electron chi connectivity index (χ4n) is 5.04. The number of nitrogens with zero attached hydrogens (tertiary/aromatic N) is 1. The molecule has 4 rings (SSSR count). The van der Waals surface area contributed by atoms with Crippen molar-refractivity contribution in [2.45, 2.75) is 59.3 Å². The predicted octanol–water partition coefficient (Wildman–Crippen LogP) is 6.74. The fraction of sp³-hybridized carbons (Fsp3) is 0.370. The highest BCUT2D eigenvalue weighted by Gasteiger charge is 2.24. The molecule has 2 aromatic carbocycles. The summed E-state index contributed by atoms with van der Waals surface area (Å²) in [6, 6.07) is 16.0. The highest BCUT2D eigenvalue weighted by atomic mass is 14.9. The van der Waals surface area contributed by atoms with E-state index in [-0.39, 0.29) is 0 Å². The summed E-state index contributed by atoms with van der Waals surface area (Å²) >= 11 is 0. The van der Waals surface area contributed by atoms with Crippen LogP contribution in [0.2, 0.25) is 0 Å². The number of pyridine rings is 1. The standard InChI is InChI=1S/C27H32N/c1-18-10-6-9-13-23(18)25-15-26(20(3)14-19(25)2)27-16-24(21(4)17-28(27)5)22-11-7-8-12-22/h6,9-10,13-17,22H,7-8,11-12H2,1-5H3/q+1. The molecule has 1 aliphatic rings. The second kappa shape index (κ2) is 7.54. The van der Waals surface area contributed by atoms with Crippen LogP contribution >= 0.6 is 0 Å². The maximum Gasteiger partial charge on any atom is 0.212 e. The van der Waals surface area contributed by atoms with E-state index in [1.165, 1.54) is 70.3 Å². The zero-order chi connectivity index (χ0) is 19.8. The van der Waals surface area contributed by atoms with Crippen LogP contribution in [0, 0.1) is 27.7 Å². The Morgan fingerprint density at radius 3 is 2.11 bits per heavy atom. The molecule has 0 bridgehead atoms. The molecule has 1 aromatic heterocycles. The maximum absolute atomic E-state index is 2.48. The lowest BCUT2D eigenvalue weighted by molar-refractivity contribution is -0.660. The first-order valence-electron chi connectivity index (χ1n) is 10.6. The van der Waals surface area contributed by atoms with Crippen LogP contribution in [-0.2, 0) is 7.05 Å². The average Bonchev–Trinajstić information content (AvgIpc) is 3.18. The number of benzene rings is 2. The summed E-state index contributed by atoms with van der Waals surface area (Å²) in [5.74, 6) is 0.738. The van der Waals surface area contributed by atoms with Crippen LogP contribution in [0.3, 0.4) is 0 Å². The Bertz CT molecular complexity index is 1020. The third-order valence-electron chi connectivity index (χ3n) is 6.59. The van der Waals surface area contributed by atoms with Crippen molar-refractivity contribution < 1.29 is 4.57 Å². The lowest BCUT2D eigenvalue weighted by Gasteiger charge is -2.16. The molecule has 0 saturated heterocycles. The van der Waals surface area contributed by atoms with E-state index in [2.05, 4.69) is 88.0 Å². The fourth-order valence-corrected chi connectivity index (χ4v) is 5.04. The summed E-state index contributed by atoms with van der Waals surface area (Å²) in [5.41, 5.74) is 12.4. The van der Waals surface area contributed by atoms with Crippen molar-refractivity contribution in [1.29, 1.82) is 0 Å². The quantitative estimate of drug-likeness (QED) is 0.450. The van der Waals surface area contributed by atoms with Gasteiger partial charge in [-0.15, -0.1) is 0 Å². The number of aromatic nitrogens is 1. The van der Waals surface area contributed by atoms with Gasteiger partial charge in [-0.25, -0.2) is 4.57 Å². The van der Waals surface area contributed by atoms with Crippen molar-refractivity contribution in [3.05, 3.63) is 76.5 Å². The molecule has 0 unspecified atom stereocenters. The molecule has 0 atom stereocenters. The molecule has 1 saturated carbocycles. The van der Waals surface area contributed by atoms with Gasteiger partial charge < -0.3 is 0 Å². The van der Waals surface area contributed by atoms with E-state index in [1.54, 1.807) is 5.56 Å². The first-order chi connectivity index (χ1) is 13.5. The van der Waals surface area contributed by atoms with E-state index in [0.717, 1.165) is 5.92 Å². The van der Waals surface area contributed by atoms with Gasteiger partial charge >= 0.3 is 0 Å². The second-order valence-corrected chi connectivity index (χ2v) is 8.69. The van der Waals surface area contributed by atoms with Crippen LogP contribution in [0.1, 0.15) is 59.4 Å². The van der Waals surface area contributed by atoms with Crippen LogP contribution < -0.4 is 4.57 Å². The molecule has 1 heteroatoms. The van der Waals surface area contributed by atoms with Gasteiger partial charge in [-0.1, -0.05) is 43.2 Å². The van der Waals surface area contributed by atoms with E-state index < -0.39 is 0 Å². The van der Waals surface area contributed by atoms with Gasteiger partial charge in [0.25, 0.3) is 0 Å². The van der Waals surface area contributed by atoms with Crippen LogP contribution in [0.25, 0.3) is 22.4 Å². The average molecular weight is 371 g/mol. The van der Waals surface area contributed by atoms with Crippen LogP contribution in [0.5, 0.6) is 0 Å². The highest BCUT2D eigenvalue weighted by molar-refractivity contribution is 5.77. The normalized spacial score (nSPS) is 14.6. The Hall–Kier alpha value is -2.41. The number of hydrogen-bond donors (Lipinski definition) is 0. The van der Waals surface area contributed by atoms with Crippen molar-refractivity contribution in [3.63, 3.8) is 0 Å². The molecular weight excluding hydrogens is 338 g/mol. The van der Waals surface area contributed by atoms with E-state index in [1.807, 2.05) is 0 Å². The molecule has 144 valence electrons. The molecule has 0 aliphatic heterocycles. The Labute approximate surface area is 170 Å². The number of aryl methyl sites for hydroxylation is 5. The highest BCUT2D eigenvalue weighted by Crippen LogP contribution is 2.38. The lowest BCUT2D eigenvalue weighted by Crippen LogP contribution is -2.32. The molecule has 1 heterocycles. The van der Waals surface area contributed by atoms with Crippen LogP contribution in [-0.4, -0.2) is 0 Å². The first-order valence-corrected chi connectivity index (χ1v) is 10.6. The SMILES string of the molecule is Cc1ccccc1-c1cc(-c2cc(C3CCCC3)c(C)c[n+]2C)c(C)cc1C. The molecule has 0 N–H and O–H groups in total. The molecule has 1 aliphatic carbocycles. The van der Waals surface area contributed by atoms with Gasteiger partial charge in [0.15, 0.2) is 6.20 Å². The second-order valence-electron chi connectivity index (χ2n) is 8.69. The monoisotopic (exact) mass is 370 g/mol. The van der Waals surface area contributed by atoms with E-state index in [4.69, 9.17) is 0 Å². The molecule has 0 amide bonds. The Morgan fingerprint density at radius 2 is 1.39 bits per heavy atom. The van der Waals surface area contributed by atoms with Gasteiger partial charge in [0.2, 0.25) is 5.69 Å². The van der Waals surface area contributed by atoms with Gasteiger partial charge in [-0.3, -0.25) is 0 Å². The molecule has 1 nitrogen and oxygen atoms in total. The minimum absolute atomic E-state index is 0.738.